The number of hydrogen-bond acceptors (Lipinski definition) is 5. The van der Waals surface area contributed by atoms with E-state index in [0.717, 1.165) is 18.7 Å². The summed E-state index contributed by atoms with van der Waals surface area (Å²) in [6, 6.07) is 34.3. The lowest BCUT2D eigenvalue weighted by Crippen LogP contribution is -2.49. The number of benzene rings is 4. The Balaban J connectivity index is 1.18. The zero-order valence-electron chi connectivity index (χ0n) is 27.3. The predicted molar refractivity (Wildman–Crippen MR) is 182 cm³/mol. The van der Waals surface area contributed by atoms with E-state index in [-0.39, 0.29) is 43.2 Å². The van der Waals surface area contributed by atoms with Crippen LogP contribution in [0.25, 0.3) is 0 Å². The van der Waals surface area contributed by atoms with Gasteiger partial charge in [0, 0.05) is 49.8 Å². The minimum absolute atomic E-state index is 0.0479. The molecule has 0 aromatic heterocycles. The fourth-order valence-corrected chi connectivity index (χ4v) is 6.89. The van der Waals surface area contributed by atoms with E-state index in [2.05, 4.69) is 53.4 Å². The summed E-state index contributed by atoms with van der Waals surface area (Å²) in [4.78, 5) is 46.4. The van der Waals surface area contributed by atoms with Gasteiger partial charge in [0.25, 0.3) is 5.91 Å². The lowest BCUT2D eigenvalue weighted by atomic mass is 9.83. The van der Waals surface area contributed by atoms with E-state index in [9.17, 15) is 18.8 Å². The third-order valence-corrected chi connectivity index (χ3v) is 9.30. The van der Waals surface area contributed by atoms with Gasteiger partial charge in [0.2, 0.25) is 5.91 Å². The number of halogens is 1. The first-order valence-electron chi connectivity index (χ1n) is 16.5. The second-order valence-electron chi connectivity index (χ2n) is 12.3. The largest absolute Gasteiger partial charge is 0.463 e. The van der Waals surface area contributed by atoms with Crippen molar-refractivity contribution >= 4 is 17.8 Å². The molecule has 7 nitrogen and oxygen atoms in total. The van der Waals surface area contributed by atoms with Crippen LogP contribution in [0.5, 0.6) is 0 Å². The minimum atomic E-state index is -0.539. The highest BCUT2D eigenvalue weighted by Gasteiger charge is 2.37. The summed E-state index contributed by atoms with van der Waals surface area (Å²) < 4.78 is 19.1. The Bertz CT molecular complexity index is 1740. The standard InChI is InChI=1S/C40H40FN3O4/c1-3-48-40(47)37-28(2)44(36(45)26-35(37)30-17-19-34(41)20-18-30)27-29-11-10-16-33(25-29)39(46)43-23-21-42(22-24-43)38(31-12-6-4-7-13-31)32-14-8-5-9-15-32/h4-20,25,35,38H,3,21-24,26-27H2,1-2H3/t35-/m0/s1. The smallest absolute Gasteiger partial charge is 0.336 e. The van der Waals surface area contributed by atoms with E-state index < -0.39 is 11.9 Å². The average Bonchev–Trinajstić information content (AvgIpc) is 3.11. The highest BCUT2D eigenvalue weighted by molar-refractivity contribution is 5.96. The summed E-state index contributed by atoms with van der Waals surface area (Å²) in [5.74, 6) is -1.63. The monoisotopic (exact) mass is 645 g/mol. The second kappa shape index (κ2) is 14.8. The van der Waals surface area contributed by atoms with Crippen molar-refractivity contribution in [3.8, 4) is 0 Å². The molecule has 0 aliphatic carbocycles. The molecule has 0 spiro atoms. The SMILES string of the molecule is CCOC(=O)C1=C(C)N(Cc2cccc(C(=O)N3CCN(C(c4ccccc4)c4ccccc4)CC3)c2)C(=O)C[C@H]1c1ccc(F)cc1. The quantitative estimate of drug-likeness (QED) is 0.189. The average molecular weight is 646 g/mol. The van der Waals surface area contributed by atoms with Crippen LogP contribution in [0.2, 0.25) is 0 Å². The van der Waals surface area contributed by atoms with Crippen LogP contribution in [0.15, 0.2) is 120 Å². The van der Waals surface area contributed by atoms with Crippen molar-refractivity contribution in [3.63, 3.8) is 0 Å². The van der Waals surface area contributed by atoms with Gasteiger partial charge >= 0.3 is 5.97 Å². The minimum Gasteiger partial charge on any atom is -0.463 e. The maximum Gasteiger partial charge on any atom is 0.336 e. The molecule has 0 saturated carbocycles. The van der Waals surface area contributed by atoms with Crippen molar-refractivity contribution < 1.29 is 23.5 Å². The molecule has 1 saturated heterocycles. The van der Waals surface area contributed by atoms with E-state index in [0.29, 0.717) is 35.5 Å². The molecule has 246 valence electrons. The molecule has 4 aromatic rings. The van der Waals surface area contributed by atoms with Crippen molar-refractivity contribution in [3.05, 3.63) is 154 Å². The van der Waals surface area contributed by atoms with Gasteiger partial charge in [-0.3, -0.25) is 14.5 Å². The van der Waals surface area contributed by atoms with Crippen molar-refractivity contribution in [2.75, 3.05) is 32.8 Å². The zero-order chi connectivity index (χ0) is 33.6. The molecule has 2 heterocycles. The maximum atomic E-state index is 13.8. The molecule has 6 rings (SSSR count). The number of ether oxygens (including phenoxy) is 1. The Morgan fingerprint density at radius 2 is 1.46 bits per heavy atom. The topological polar surface area (TPSA) is 70.2 Å². The van der Waals surface area contributed by atoms with Gasteiger partial charge in [-0.1, -0.05) is 84.9 Å². The molecule has 0 bridgehead atoms. The van der Waals surface area contributed by atoms with E-state index in [1.54, 1.807) is 30.9 Å². The molecule has 2 aliphatic rings. The van der Waals surface area contributed by atoms with Crippen LogP contribution in [-0.4, -0.2) is 65.3 Å². The summed E-state index contributed by atoms with van der Waals surface area (Å²) in [5.41, 5.74) is 5.35. The van der Waals surface area contributed by atoms with Crippen LogP contribution >= 0.6 is 0 Å². The molecular weight excluding hydrogens is 605 g/mol. The van der Waals surface area contributed by atoms with Crippen LogP contribution in [0.4, 0.5) is 4.39 Å². The second-order valence-corrected chi connectivity index (χ2v) is 12.3. The third-order valence-electron chi connectivity index (χ3n) is 9.30. The summed E-state index contributed by atoms with van der Waals surface area (Å²) in [6.45, 7) is 6.53. The molecule has 8 heteroatoms. The summed E-state index contributed by atoms with van der Waals surface area (Å²) in [7, 11) is 0. The maximum absolute atomic E-state index is 13.8. The highest BCUT2D eigenvalue weighted by Crippen LogP contribution is 2.38. The lowest BCUT2D eigenvalue weighted by molar-refractivity contribution is -0.140. The van der Waals surface area contributed by atoms with Gasteiger partial charge in [0.05, 0.1) is 24.8 Å². The van der Waals surface area contributed by atoms with Gasteiger partial charge in [-0.25, -0.2) is 9.18 Å². The fraction of sp³-hybridized carbons (Fsp3) is 0.275. The molecule has 0 unspecified atom stereocenters. The zero-order valence-corrected chi connectivity index (χ0v) is 27.3. The molecule has 2 amide bonds. The van der Waals surface area contributed by atoms with Crippen molar-refractivity contribution in [2.45, 2.75) is 38.8 Å². The molecule has 0 N–H and O–H groups in total. The number of amides is 2. The normalized spacial score (nSPS) is 17.2. The van der Waals surface area contributed by atoms with Crippen LogP contribution in [-0.2, 0) is 20.9 Å². The van der Waals surface area contributed by atoms with Crippen LogP contribution in [0.3, 0.4) is 0 Å². The fourth-order valence-electron chi connectivity index (χ4n) is 6.89. The van der Waals surface area contributed by atoms with Gasteiger partial charge in [-0.15, -0.1) is 0 Å². The third kappa shape index (κ3) is 7.09. The number of carbonyl (C=O) groups is 3. The van der Waals surface area contributed by atoms with Gasteiger partial charge < -0.3 is 14.5 Å². The van der Waals surface area contributed by atoms with E-state index in [4.69, 9.17) is 4.74 Å². The Morgan fingerprint density at radius 3 is 2.06 bits per heavy atom. The van der Waals surface area contributed by atoms with Gasteiger partial charge in [-0.2, -0.15) is 0 Å². The number of carbonyl (C=O) groups excluding carboxylic acids is 3. The number of rotatable bonds is 9. The van der Waals surface area contributed by atoms with Crippen LogP contribution in [0.1, 0.15) is 64.8 Å². The van der Waals surface area contributed by atoms with E-state index in [1.807, 2.05) is 41.3 Å². The Morgan fingerprint density at radius 1 is 0.833 bits per heavy atom. The molecule has 2 aliphatic heterocycles. The van der Waals surface area contributed by atoms with Crippen molar-refractivity contribution in [1.29, 1.82) is 0 Å². The number of hydrogen-bond donors (Lipinski definition) is 0. The number of allylic oxidation sites excluding steroid dienone is 1. The molecule has 48 heavy (non-hydrogen) atoms. The molecule has 0 radical (unpaired) electrons. The van der Waals surface area contributed by atoms with Gasteiger partial charge in [0.15, 0.2) is 0 Å². The first kappa shape index (κ1) is 32.8. The highest BCUT2D eigenvalue weighted by atomic mass is 19.1. The Labute approximate surface area is 281 Å². The van der Waals surface area contributed by atoms with E-state index >= 15 is 0 Å². The lowest BCUT2D eigenvalue weighted by Gasteiger charge is -2.40. The van der Waals surface area contributed by atoms with E-state index in [1.165, 1.54) is 23.3 Å². The first-order chi connectivity index (χ1) is 23.3. The van der Waals surface area contributed by atoms with Crippen LogP contribution < -0.4 is 0 Å². The summed E-state index contributed by atoms with van der Waals surface area (Å²) >= 11 is 0. The molecule has 4 aromatic carbocycles. The Hall–Kier alpha value is -5.08. The Kier molecular flexibility index (Phi) is 10.1. The molecular formula is C40H40FN3O4. The molecule has 1 fully saturated rings. The summed E-state index contributed by atoms with van der Waals surface area (Å²) in [6.07, 6.45) is 0.0486. The number of piperazine rings is 1. The van der Waals surface area contributed by atoms with Crippen LogP contribution in [0, 0.1) is 5.82 Å². The van der Waals surface area contributed by atoms with Crippen molar-refractivity contribution in [2.24, 2.45) is 0 Å². The number of esters is 1. The van der Waals surface area contributed by atoms with Crippen molar-refractivity contribution in [1.82, 2.24) is 14.7 Å². The van der Waals surface area contributed by atoms with Gasteiger partial charge in [0.1, 0.15) is 5.82 Å². The molecule has 1 atom stereocenters. The van der Waals surface area contributed by atoms with Gasteiger partial charge in [-0.05, 0) is 60.4 Å². The number of nitrogens with zero attached hydrogens (tertiary/aromatic N) is 3. The summed E-state index contributed by atoms with van der Waals surface area (Å²) in [5, 5.41) is 0. The predicted octanol–water partition coefficient (Wildman–Crippen LogP) is 6.73. The first-order valence-corrected chi connectivity index (χ1v) is 16.5.